The molecule has 0 aromatic carbocycles. The van der Waals surface area contributed by atoms with Gasteiger partial charge in [0.05, 0.1) is 5.75 Å². The van der Waals surface area contributed by atoms with E-state index in [1.54, 1.807) is 6.20 Å². The van der Waals surface area contributed by atoms with Gasteiger partial charge in [-0.2, -0.15) is 0 Å². The standard InChI is InChI=1S/C8H16N4O2S/c1-2-12-6-5-11-8(12)10-4-3-7-15(9,13)14/h5-6H,2-4,7H2,1H3,(H,10,11)(H2,9,13,14). The molecule has 1 rings (SSSR count). The van der Waals surface area contributed by atoms with Crippen molar-refractivity contribution in [2.24, 2.45) is 5.14 Å². The summed E-state index contributed by atoms with van der Waals surface area (Å²) in [5.41, 5.74) is 0. The van der Waals surface area contributed by atoms with Gasteiger partial charge in [-0.3, -0.25) is 0 Å². The Hall–Kier alpha value is -1.08. The maximum atomic E-state index is 10.6. The SMILES string of the molecule is CCn1ccnc1NCCCS(N)(=O)=O. The molecule has 1 aromatic rings. The van der Waals surface area contributed by atoms with Crippen LogP contribution in [0.2, 0.25) is 0 Å². The second kappa shape index (κ2) is 5.13. The number of primary sulfonamides is 1. The van der Waals surface area contributed by atoms with Crippen LogP contribution in [0.15, 0.2) is 12.4 Å². The fourth-order valence-electron chi connectivity index (χ4n) is 1.21. The molecular formula is C8H16N4O2S. The monoisotopic (exact) mass is 232 g/mol. The van der Waals surface area contributed by atoms with Gasteiger partial charge in [-0.1, -0.05) is 0 Å². The Morgan fingerprint density at radius 3 is 2.93 bits per heavy atom. The summed E-state index contributed by atoms with van der Waals surface area (Å²) in [6.45, 7) is 3.39. The number of sulfonamides is 1. The van der Waals surface area contributed by atoms with E-state index in [0.717, 1.165) is 12.5 Å². The molecule has 7 heteroatoms. The Morgan fingerprint density at radius 1 is 1.60 bits per heavy atom. The van der Waals surface area contributed by atoms with Crippen molar-refractivity contribution in [3.05, 3.63) is 12.4 Å². The van der Waals surface area contributed by atoms with Crippen molar-refractivity contribution < 1.29 is 8.42 Å². The summed E-state index contributed by atoms with van der Waals surface area (Å²) in [7, 11) is -3.35. The maximum absolute atomic E-state index is 10.6. The molecule has 1 heterocycles. The van der Waals surface area contributed by atoms with E-state index in [-0.39, 0.29) is 5.75 Å². The van der Waals surface area contributed by atoms with Crippen LogP contribution < -0.4 is 10.5 Å². The molecule has 15 heavy (non-hydrogen) atoms. The first-order valence-electron chi connectivity index (χ1n) is 4.78. The van der Waals surface area contributed by atoms with Crippen molar-refractivity contribution in [3.63, 3.8) is 0 Å². The van der Waals surface area contributed by atoms with Crippen LogP contribution in [0.4, 0.5) is 5.95 Å². The summed E-state index contributed by atoms with van der Waals surface area (Å²) in [6.07, 6.45) is 4.04. The summed E-state index contributed by atoms with van der Waals surface area (Å²) in [6, 6.07) is 0. The lowest BCUT2D eigenvalue weighted by Gasteiger charge is -2.06. The fraction of sp³-hybridized carbons (Fsp3) is 0.625. The quantitative estimate of drug-likeness (QED) is 0.675. The van der Waals surface area contributed by atoms with E-state index in [4.69, 9.17) is 5.14 Å². The van der Waals surface area contributed by atoms with E-state index in [1.165, 1.54) is 0 Å². The normalized spacial score (nSPS) is 11.6. The number of hydrogen-bond acceptors (Lipinski definition) is 4. The number of aromatic nitrogens is 2. The zero-order valence-corrected chi connectivity index (χ0v) is 9.50. The molecule has 0 amide bonds. The summed E-state index contributed by atoms with van der Waals surface area (Å²) >= 11 is 0. The van der Waals surface area contributed by atoms with Crippen LogP contribution in [0.5, 0.6) is 0 Å². The Balaban J connectivity index is 2.32. The van der Waals surface area contributed by atoms with Crippen LogP contribution >= 0.6 is 0 Å². The molecule has 0 aliphatic carbocycles. The third-order valence-electron chi connectivity index (χ3n) is 1.94. The van der Waals surface area contributed by atoms with Gasteiger partial charge in [0, 0.05) is 25.5 Å². The third-order valence-corrected chi connectivity index (χ3v) is 2.80. The first kappa shape index (κ1) is 12.0. The number of imidazole rings is 1. The smallest absolute Gasteiger partial charge is 0.209 e. The highest BCUT2D eigenvalue weighted by Gasteiger charge is 2.03. The zero-order valence-electron chi connectivity index (χ0n) is 8.68. The second-order valence-electron chi connectivity index (χ2n) is 3.18. The van der Waals surface area contributed by atoms with Gasteiger partial charge in [0.1, 0.15) is 0 Å². The number of nitrogens with two attached hydrogens (primary N) is 1. The Labute approximate surface area is 89.5 Å². The predicted molar refractivity (Wildman–Crippen MR) is 59.0 cm³/mol. The molecule has 0 saturated carbocycles. The number of rotatable bonds is 6. The molecule has 3 N–H and O–H groups in total. The van der Waals surface area contributed by atoms with Crippen LogP contribution in [0.1, 0.15) is 13.3 Å². The topological polar surface area (TPSA) is 90.0 Å². The van der Waals surface area contributed by atoms with Gasteiger partial charge in [0.15, 0.2) is 0 Å². The minimum Gasteiger partial charge on any atom is -0.356 e. The van der Waals surface area contributed by atoms with E-state index in [9.17, 15) is 8.42 Å². The third kappa shape index (κ3) is 4.30. The van der Waals surface area contributed by atoms with E-state index in [0.29, 0.717) is 13.0 Å². The number of nitrogens with zero attached hydrogens (tertiary/aromatic N) is 2. The van der Waals surface area contributed by atoms with E-state index in [1.807, 2.05) is 17.7 Å². The maximum Gasteiger partial charge on any atom is 0.209 e. The van der Waals surface area contributed by atoms with Crippen LogP contribution in [0.3, 0.4) is 0 Å². The Morgan fingerprint density at radius 2 is 2.33 bits per heavy atom. The number of aryl methyl sites for hydroxylation is 1. The Bertz CT molecular complexity index is 399. The van der Waals surface area contributed by atoms with Crippen LogP contribution in [0, 0.1) is 0 Å². The molecule has 1 aromatic heterocycles. The van der Waals surface area contributed by atoms with Crippen LogP contribution in [-0.4, -0.2) is 30.3 Å². The van der Waals surface area contributed by atoms with Crippen molar-refractivity contribution in [3.8, 4) is 0 Å². The first-order chi connectivity index (χ1) is 7.03. The lowest BCUT2D eigenvalue weighted by Crippen LogP contribution is -2.19. The van der Waals surface area contributed by atoms with Crippen molar-refractivity contribution in [2.75, 3.05) is 17.6 Å². The van der Waals surface area contributed by atoms with Gasteiger partial charge in [-0.05, 0) is 13.3 Å². The molecule has 0 radical (unpaired) electrons. The molecule has 0 aliphatic rings. The molecule has 0 fully saturated rings. The predicted octanol–water partition coefficient (Wildman–Crippen LogP) is -0.00650. The molecular weight excluding hydrogens is 216 g/mol. The number of nitrogens with one attached hydrogen (secondary N) is 1. The molecule has 6 nitrogen and oxygen atoms in total. The van der Waals surface area contributed by atoms with Crippen LogP contribution in [-0.2, 0) is 16.6 Å². The van der Waals surface area contributed by atoms with Gasteiger partial charge in [0.25, 0.3) is 0 Å². The van der Waals surface area contributed by atoms with E-state index >= 15 is 0 Å². The molecule has 0 bridgehead atoms. The number of hydrogen-bond donors (Lipinski definition) is 2. The van der Waals surface area contributed by atoms with Gasteiger partial charge in [0.2, 0.25) is 16.0 Å². The molecule has 0 aliphatic heterocycles. The van der Waals surface area contributed by atoms with Gasteiger partial charge in [-0.25, -0.2) is 18.5 Å². The van der Waals surface area contributed by atoms with Crippen molar-refractivity contribution in [2.45, 2.75) is 19.9 Å². The Kier molecular flexibility index (Phi) is 4.10. The minimum atomic E-state index is -3.35. The highest BCUT2D eigenvalue weighted by Crippen LogP contribution is 2.03. The molecule has 0 spiro atoms. The molecule has 0 unspecified atom stereocenters. The number of anilines is 1. The average Bonchev–Trinajstić information content (AvgIpc) is 2.58. The molecule has 0 atom stereocenters. The lowest BCUT2D eigenvalue weighted by atomic mass is 10.5. The highest BCUT2D eigenvalue weighted by molar-refractivity contribution is 7.89. The fourth-order valence-corrected chi connectivity index (χ4v) is 1.75. The lowest BCUT2D eigenvalue weighted by molar-refractivity contribution is 0.595. The van der Waals surface area contributed by atoms with E-state index in [2.05, 4.69) is 10.3 Å². The largest absolute Gasteiger partial charge is 0.356 e. The van der Waals surface area contributed by atoms with Gasteiger partial charge in [-0.15, -0.1) is 0 Å². The van der Waals surface area contributed by atoms with Crippen LogP contribution in [0.25, 0.3) is 0 Å². The summed E-state index contributed by atoms with van der Waals surface area (Å²) in [5.74, 6) is 0.749. The molecule has 0 saturated heterocycles. The molecule has 86 valence electrons. The van der Waals surface area contributed by atoms with Crippen molar-refractivity contribution >= 4 is 16.0 Å². The summed E-state index contributed by atoms with van der Waals surface area (Å²) in [5, 5.41) is 7.92. The second-order valence-corrected chi connectivity index (χ2v) is 4.92. The van der Waals surface area contributed by atoms with Gasteiger partial charge < -0.3 is 9.88 Å². The van der Waals surface area contributed by atoms with Gasteiger partial charge >= 0.3 is 0 Å². The minimum absolute atomic E-state index is 0.00711. The zero-order chi connectivity index (χ0) is 11.3. The van der Waals surface area contributed by atoms with Crippen molar-refractivity contribution in [1.29, 1.82) is 0 Å². The first-order valence-corrected chi connectivity index (χ1v) is 6.50. The van der Waals surface area contributed by atoms with E-state index < -0.39 is 10.0 Å². The highest BCUT2D eigenvalue weighted by atomic mass is 32.2. The summed E-state index contributed by atoms with van der Waals surface area (Å²) in [4.78, 5) is 4.09. The summed E-state index contributed by atoms with van der Waals surface area (Å²) < 4.78 is 23.2. The van der Waals surface area contributed by atoms with Crippen molar-refractivity contribution in [1.82, 2.24) is 9.55 Å². The average molecular weight is 232 g/mol.